The van der Waals surface area contributed by atoms with Crippen LogP contribution in [0.15, 0.2) is 41.0 Å². The number of carboxylic acids is 1. The summed E-state index contributed by atoms with van der Waals surface area (Å²) in [6, 6.07) is 8.48. The number of para-hydroxylation sites is 1. The zero-order chi connectivity index (χ0) is 14.8. The normalized spacial score (nSPS) is 14.3. The third-order valence-electron chi connectivity index (χ3n) is 3.27. The Morgan fingerprint density at radius 3 is 2.90 bits per heavy atom. The third kappa shape index (κ3) is 2.60. The van der Waals surface area contributed by atoms with Gasteiger partial charge in [0.2, 0.25) is 0 Å². The van der Waals surface area contributed by atoms with Crippen molar-refractivity contribution in [3.63, 3.8) is 0 Å². The Morgan fingerprint density at radius 1 is 1.33 bits per heavy atom. The second kappa shape index (κ2) is 5.32. The monoisotopic (exact) mass is 287 g/mol. The predicted molar refractivity (Wildman–Crippen MR) is 72.3 cm³/mol. The summed E-state index contributed by atoms with van der Waals surface area (Å²) in [7, 11) is 0. The van der Waals surface area contributed by atoms with Crippen molar-refractivity contribution in [3.05, 3.63) is 53.5 Å². The fourth-order valence-corrected chi connectivity index (χ4v) is 2.22. The fraction of sp³-hybridized carbons (Fsp3) is 0.200. The number of aromatic carboxylic acids is 1. The third-order valence-corrected chi connectivity index (χ3v) is 3.27. The number of furan rings is 1. The van der Waals surface area contributed by atoms with Crippen LogP contribution in [0.4, 0.5) is 0 Å². The highest BCUT2D eigenvalue weighted by Crippen LogP contribution is 2.23. The first-order chi connectivity index (χ1) is 10.1. The van der Waals surface area contributed by atoms with E-state index in [1.165, 1.54) is 12.3 Å². The molecule has 0 saturated heterocycles. The van der Waals surface area contributed by atoms with Crippen LogP contribution < -0.4 is 4.74 Å². The summed E-state index contributed by atoms with van der Waals surface area (Å²) in [5.74, 6) is -0.215. The largest absolute Gasteiger partial charge is 0.491 e. The minimum absolute atomic E-state index is 0.0731. The lowest BCUT2D eigenvalue weighted by Crippen LogP contribution is -2.31. The van der Waals surface area contributed by atoms with E-state index < -0.39 is 5.97 Å². The second-order valence-corrected chi connectivity index (χ2v) is 4.68. The molecule has 0 saturated carbocycles. The number of fused-ring (bicyclic) bond motifs is 1. The summed E-state index contributed by atoms with van der Waals surface area (Å²) in [6.45, 7) is 1.01. The highest BCUT2D eigenvalue weighted by molar-refractivity contribution is 5.97. The number of carbonyl (C=O) groups is 2. The van der Waals surface area contributed by atoms with Crippen molar-refractivity contribution < 1.29 is 23.8 Å². The zero-order valence-corrected chi connectivity index (χ0v) is 11.1. The fourth-order valence-electron chi connectivity index (χ4n) is 2.22. The Kier molecular flexibility index (Phi) is 3.35. The van der Waals surface area contributed by atoms with Crippen molar-refractivity contribution in [2.45, 2.75) is 6.54 Å². The molecule has 1 aromatic heterocycles. The Morgan fingerprint density at radius 2 is 2.14 bits per heavy atom. The molecule has 0 spiro atoms. The van der Waals surface area contributed by atoms with E-state index in [2.05, 4.69) is 0 Å². The number of amides is 1. The summed E-state index contributed by atoms with van der Waals surface area (Å²) < 4.78 is 10.7. The van der Waals surface area contributed by atoms with E-state index >= 15 is 0 Å². The lowest BCUT2D eigenvalue weighted by molar-refractivity contribution is 0.0694. The molecule has 2 aromatic rings. The SMILES string of the molecule is O=C(O)c1coc(CN2CCOc3ccccc3C2=O)c1. The quantitative estimate of drug-likeness (QED) is 0.934. The molecule has 2 heterocycles. The van der Waals surface area contributed by atoms with Crippen LogP contribution in [0.25, 0.3) is 0 Å². The lowest BCUT2D eigenvalue weighted by atomic mass is 10.1. The minimum Gasteiger partial charge on any atom is -0.491 e. The van der Waals surface area contributed by atoms with E-state index in [1.54, 1.807) is 23.1 Å². The topological polar surface area (TPSA) is 80.0 Å². The number of ether oxygens (including phenoxy) is 1. The van der Waals surface area contributed by atoms with Gasteiger partial charge in [-0.2, -0.15) is 0 Å². The summed E-state index contributed by atoms with van der Waals surface area (Å²) in [5, 5.41) is 8.87. The summed E-state index contributed by atoms with van der Waals surface area (Å²) in [6.07, 6.45) is 1.17. The van der Waals surface area contributed by atoms with E-state index in [0.717, 1.165) is 0 Å². The molecule has 1 aromatic carbocycles. The van der Waals surface area contributed by atoms with Crippen molar-refractivity contribution >= 4 is 11.9 Å². The van der Waals surface area contributed by atoms with E-state index in [4.69, 9.17) is 14.3 Å². The molecule has 0 fully saturated rings. The van der Waals surface area contributed by atoms with Gasteiger partial charge in [0.1, 0.15) is 24.4 Å². The van der Waals surface area contributed by atoms with Crippen molar-refractivity contribution in [2.24, 2.45) is 0 Å². The van der Waals surface area contributed by atoms with Crippen LogP contribution in [0.1, 0.15) is 26.5 Å². The molecule has 1 amide bonds. The molecule has 1 aliphatic heterocycles. The highest BCUT2D eigenvalue weighted by atomic mass is 16.5. The van der Waals surface area contributed by atoms with Crippen molar-refractivity contribution in [3.8, 4) is 5.75 Å². The first kappa shape index (κ1) is 13.2. The van der Waals surface area contributed by atoms with Crippen molar-refractivity contribution in [2.75, 3.05) is 13.2 Å². The van der Waals surface area contributed by atoms with Gasteiger partial charge in [-0.15, -0.1) is 0 Å². The molecule has 108 valence electrons. The van der Waals surface area contributed by atoms with Crippen LogP contribution >= 0.6 is 0 Å². The average Bonchev–Trinajstić information content (AvgIpc) is 2.89. The number of hydrogen-bond acceptors (Lipinski definition) is 4. The van der Waals surface area contributed by atoms with Gasteiger partial charge in [0.15, 0.2) is 0 Å². The van der Waals surface area contributed by atoms with Gasteiger partial charge in [0.25, 0.3) is 5.91 Å². The molecular weight excluding hydrogens is 274 g/mol. The molecule has 0 aliphatic carbocycles. The van der Waals surface area contributed by atoms with E-state index in [0.29, 0.717) is 30.2 Å². The Hall–Kier alpha value is -2.76. The van der Waals surface area contributed by atoms with E-state index in [-0.39, 0.29) is 18.0 Å². The van der Waals surface area contributed by atoms with E-state index in [1.807, 2.05) is 6.07 Å². The number of carbonyl (C=O) groups excluding carboxylic acids is 1. The Labute approximate surface area is 120 Å². The molecule has 1 aliphatic rings. The lowest BCUT2D eigenvalue weighted by Gasteiger charge is -2.18. The van der Waals surface area contributed by atoms with Gasteiger partial charge < -0.3 is 19.2 Å². The van der Waals surface area contributed by atoms with Gasteiger partial charge in [-0.1, -0.05) is 12.1 Å². The summed E-state index contributed by atoms with van der Waals surface area (Å²) in [5.41, 5.74) is 0.573. The molecule has 1 N–H and O–H groups in total. The zero-order valence-electron chi connectivity index (χ0n) is 11.1. The molecule has 21 heavy (non-hydrogen) atoms. The molecule has 0 atom stereocenters. The number of nitrogens with zero attached hydrogens (tertiary/aromatic N) is 1. The van der Waals surface area contributed by atoms with Crippen LogP contribution in [0.5, 0.6) is 5.75 Å². The van der Waals surface area contributed by atoms with Gasteiger partial charge in [-0.25, -0.2) is 4.79 Å². The number of benzene rings is 1. The maximum absolute atomic E-state index is 12.5. The van der Waals surface area contributed by atoms with Crippen molar-refractivity contribution in [1.82, 2.24) is 4.90 Å². The smallest absolute Gasteiger partial charge is 0.338 e. The van der Waals surface area contributed by atoms with Gasteiger partial charge in [-0.3, -0.25) is 4.79 Å². The molecule has 3 rings (SSSR count). The first-order valence-corrected chi connectivity index (χ1v) is 6.47. The van der Waals surface area contributed by atoms with Gasteiger partial charge in [0, 0.05) is 0 Å². The Balaban J connectivity index is 1.82. The molecule has 6 nitrogen and oxygen atoms in total. The minimum atomic E-state index is -1.05. The van der Waals surface area contributed by atoms with Gasteiger partial charge >= 0.3 is 5.97 Å². The predicted octanol–water partition coefficient (Wildman–Crippen LogP) is 2.01. The standard InChI is InChI=1S/C15H13NO5/c17-14-12-3-1-2-4-13(12)20-6-5-16(14)8-11-7-10(9-21-11)15(18)19/h1-4,7,9H,5-6,8H2,(H,18,19). The van der Waals surface area contributed by atoms with Crippen molar-refractivity contribution in [1.29, 1.82) is 0 Å². The summed E-state index contributed by atoms with van der Waals surface area (Å²) >= 11 is 0. The maximum Gasteiger partial charge on any atom is 0.338 e. The molecule has 0 radical (unpaired) electrons. The number of carboxylic acid groups (broad SMARTS) is 1. The Bertz CT molecular complexity index is 691. The highest BCUT2D eigenvalue weighted by Gasteiger charge is 2.24. The first-order valence-electron chi connectivity index (χ1n) is 6.47. The van der Waals surface area contributed by atoms with Crippen LogP contribution in [0.2, 0.25) is 0 Å². The van der Waals surface area contributed by atoms with Crippen LogP contribution in [0, 0.1) is 0 Å². The van der Waals surface area contributed by atoms with Crippen LogP contribution in [-0.2, 0) is 6.54 Å². The summed E-state index contributed by atoms with van der Waals surface area (Å²) in [4.78, 5) is 24.9. The molecule has 6 heteroatoms. The van der Waals surface area contributed by atoms with Crippen LogP contribution in [-0.4, -0.2) is 35.0 Å². The van der Waals surface area contributed by atoms with Gasteiger partial charge in [0.05, 0.1) is 24.2 Å². The molecular formula is C15H13NO5. The van der Waals surface area contributed by atoms with Crippen LogP contribution in [0.3, 0.4) is 0 Å². The maximum atomic E-state index is 12.5. The second-order valence-electron chi connectivity index (χ2n) is 4.68. The number of hydrogen-bond donors (Lipinski definition) is 1. The van der Waals surface area contributed by atoms with Gasteiger partial charge in [-0.05, 0) is 18.2 Å². The molecule has 0 bridgehead atoms. The number of rotatable bonds is 3. The van der Waals surface area contributed by atoms with E-state index in [9.17, 15) is 9.59 Å². The molecule has 0 unspecified atom stereocenters. The average molecular weight is 287 g/mol.